The fourth-order valence-corrected chi connectivity index (χ4v) is 2.23. The topological polar surface area (TPSA) is 67.6 Å². The third-order valence-electron chi connectivity index (χ3n) is 3.35. The minimum atomic E-state index is -0.428. The van der Waals surface area contributed by atoms with Crippen LogP contribution in [-0.2, 0) is 11.3 Å². The summed E-state index contributed by atoms with van der Waals surface area (Å²) < 4.78 is 5.22. The van der Waals surface area contributed by atoms with Gasteiger partial charge >= 0.3 is 6.09 Å². The van der Waals surface area contributed by atoms with Gasteiger partial charge in [-0.05, 0) is 45.4 Å². The number of carbonyl (C=O) groups is 1. The monoisotopic (exact) mass is 293 g/mol. The third-order valence-corrected chi connectivity index (χ3v) is 3.35. The number of hydrogen-bond acceptors (Lipinski definition) is 4. The predicted molar refractivity (Wildman–Crippen MR) is 86.3 cm³/mol. The van der Waals surface area contributed by atoms with Crippen molar-refractivity contribution in [3.8, 4) is 0 Å². The Morgan fingerprint density at radius 1 is 1.19 bits per heavy atom. The number of ether oxygens (including phenoxy) is 1. The van der Waals surface area contributed by atoms with Gasteiger partial charge in [0.1, 0.15) is 6.61 Å². The highest BCUT2D eigenvalue weighted by Gasteiger charge is 2.13. The Hall–Kier alpha value is -1.59. The highest BCUT2D eigenvalue weighted by molar-refractivity contribution is 5.84. The van der Waals surface area contributed by atoms with Gasteiger partial charge in [0.05, 0.1) is 0 Å². The van der Waals surface area contributed by atoms with E-state index in [2.05, 4.69) is 37.9 Å². The lowest BCUT2D eigenvalue weighted by molar-refractivity contribution is 0.111. The molecule has 0 unspecified atom stereocenters. The Kier molecular flexibility index (Phi) is 7.19. The number of benzene rings is 1. The molecule has 0 atom stereocenters. The van der Waals surface area contributed by atoms with E-state index in [-0.39, 0.29) is 0 Å². The van der Waals surface area contributed by atoms with Crippen molar-refractivity contribution in [3.05, 3.63) is 29.8 Å². The van der Waals surface area contributed by atoms with Gasteiger partial charge in [0.25, 0.3) is 0 Å². The molecule has 5 nitrogen and oxygen atoms in total. The molecule has 0 saturated carbocycles. The molecular formula is C16H27N3O2. The van der Waals surface area contributed by atoms with E-state index in [1.165, 1.54) is 0 Å². The lowest BCUT2D eigenvalue weighted by Gasteiger charge is -2.30. The average Bonchev–Trinajstić information content (AvgIpc) is 2.43. The Morgan fingerprint density at radius 3 is 2.24 bits per heavy atom. The molecule has 1 aromatic carbocycles. The number of nitrogens with one attached hydrogen (secondary N) is 1. The standard InChI is InChI=1S/C16H27N3O2/c1-12(2)19(13(3)4)9-10-21-16(20)18-15-7-5-14(11-17)6-8-15/h5-8,12-13H,9-11,17H2,1-4H3,(H,18,20). The van der Waals surface area contributed by atoms with Crippen molar-refractivity contribution in [3.63, 3.8) is 0 Å². The van der Waals surface area contributed by atoms with Crippen LogP contribution < -0.4 is 11.1 Å². The Bertz CT molecular complexity index is 422. The molecule has 0 radical (unpaired) electrons. The second-order valence-electron chi connectivity index (χ2n) is 5.59. The summed E-state index contributed by atoms with van der Waals surface area (Å²) in [5, 5.41) is 2.70. The summed E-state index contributed by atoms with van der Waals surface area (Å²) in [6.45, 7) is 10.2. The van der Waals surface area contributed by atoms with Crippen molar-refractivity contribution < 1.29 is 9.53 Å². The Labute approximate surface area is 127 Å². The first-order chi connectivity index (χ1) is 9.93. The molecule has 0 bridgehead atoms. The molecule has 0 aliphatic heterocycles. The number of nitrogens with two attached hydrogens (primary N) is 1. The minimum Gasteiger partial charge on any atom is -0.448 e. The maximum atomic E-state index is 11.7. The summed E-state index contributed by atoms with van der Waals surface area (Å²) in [5.41, 5.74) is 7.26. The molecule has 1 rings (SSSR count). The normalized spacial score (nSPS) is 11.2. The number of hydrogen-bond donors (Lipinski definition) is 2. The van der Waals surface area contributed by atoms with Gasteiger partial charge in [0.15, 0.2) is 0 Å². The highest BCUT2D eigenvalue weighted by Crippen LogP contribution is 2.09. The van der Waals surface area contributed by atoms with Gasteiger partial charge in [0.2, 0.25) is 0 Å². The van der Waals surface area contributed by atoms with Crippen LogP contribution in [0.2, 0.25) is 0 Å². The van der Waals surface area contributed by atoms with E-state index in [1.54, 1.807) is 0 Å². The first-order valence-electron chi connectivity index (χ1n) is 7.42. The largest absolute Gasteiger partial charge is 0.448 e. The molecule has 118 valence electrons. The second kappa shape index (κ2) is 8.64. The molecule has 0 aliphatic carbocycles. The predicted octanol–water partition coefficient (Wildman–Crippen LogP) is 2.81. The number of amides is 1. The number of anilines is 1. The minimum absolute atomic E-state index is 0.378. The zero-order chi connectivity index (χ0) is 15.8. The molecule has 0 spiro atoms. The molecular weight excluding hydrogens is 266 g/mol. The fraction of sp³-hybridized carbons (Fsp3) is 0.562. The van der Waals surface area contributed by atoms with Gasteiger partial charge in [-0.15, -0.1) is 0 Å². The zero-order valence-electron chi connectivity index (χ0n) is 13.4. The third kappa shape index (κ3) is 6.14. The van der Waals surface area contributed by atoms with Gasteiger partial charge in [-0.1, -0.05) is 12.1 Å². The van der Waals surface area contributed by atoms with E-state index in [4.69, 9.17) is 10.5 Å². The summed E-state index contributed by atoms with van der Waals surface area (Å²) in [5.74, 6) is 0. The summed E-state index contributed by atoms with van der Waals surface area (Å²) in [6, 6.07) is 8.26. The molecule has 0 saturated heterocycles. The van der Waals surface area contributed by atoms with E-state index in [9.17, 15) is 4.79 Å². The van der Waals surface area contributed by atoms with Crippen molar-refractivity contribution in [1.29, 1.82) is 0 Å². The van der Waals surface area contributed by atoms with Crippen LogP contribution in [0.25, 0.3) is 0 Å². The summed E-state index contributed by atoms with van der Waals surface area (Å²) >= 11 is 0. The van der Waals surface area contributed by atoms with E-state index in [0.29, 0.717) is 30.9 Å². The Morgan fingerprint density at radius 2 is 1.76 bits per heavy atom. The van der Waals surface area contributed by atoms with E-state index >= 15 is 0 Å². The number of rotatable bonds is 7. The van der Waals surface area contributed by atoms with Gasteiger partial charge in [-0.3, -0.25) is 10.2 Å². The molecule has 0 heterocycles. The molecule has 3 N–H and O–H groups in total. The van der Waals surface area contributed by atoms with Gasteiger partial charge in [0, 0.05) is 30.9 Å². The van der Waals surface area contributed by atoms with Crippen molar-refractivity contribution >= 4 is 11.8 Å². The Balaban J connectivity index is 2.36. The van der Waals surface area contributed by atoms with Crippen LogP contribution in [0, 0.1) is 0 Å². The van der Waals surface area contributed by atoms with Crippen molar-refractivity contribution in [2.75, 3.05) is 18.5 Å². The maximum Gasteiger partial charge on any atom is 0.411 e. The summed E-state index contributed by atoms with van der Waals surface area (Å²) in [4.78, 5) is 14.0. The van der Waals surface area contributed by atoms with Crippen molar-refractivity contribution in [2.45, 2.75) is 46.3 Å². The van der Waals surface area contributed by atoms with Crippen LogP contribution in [-0.4, -0.2) is 36.2 Å². The molecule has 0 aromatic heterocycles. The fourth-order valence-electron chi connectivity index (χ4n) is 2.23. The lowest BCUT2D eigenvalue weighted by Crippen LogP contribution is -2.39. The molecule has 1 aromatic rings. The quantitative estimate of drug-likeness (QED) is 0.811. The van der Waals surface area contributed by atoms with Crippen LogP contribution in [0.5, 0.6) is 0 Å². The summed E-state index contributed by atoms with van der Waals surface area (Å²) in [7, 11) is 0. The van der Waals surface area contributed by atoms with Crippen molar-refractivity contribution in [1.82, 2.24) is 4.90 Å². The second-order valence-corrected chi connectivity index (χ2v) is 5.59. The van der Waals surface area contributed by atoms with Crippen LogP contribution in [0.15, 0.2) is 24.3 Å². The van der Waals surface area contributed by atoms with Crippen LogP contribution >= 0.6 is 0 Å². The number of nitrogens with zero attached hydrogens (tertiary/aromatic N) is 1. The lowest BCUT2D eigenvalue weighted by atomic mass is 10.2. The highest BCUT2D eigenvalue weighted by atomic mass is 16.5. The SMILES string of the molecule is CC(C)N(CCOC(=O)Nc1ccc(CN)cc1)C(C)C. The first kappa shape index (κ1) is 17.5. The maximum absolute atomic E-state index is 11.7. The zero-order valence-corrected chi connectivity index (χ0v) is 13.4. The van der Waals surface area contributed by atoms with E-state index < -0.39 is 6.09 Å². The molecule has 0 aliphatic rings. The van der Waals surface area contributed by atoms with Gasteiger partial charge in [-0.25, -0.2) is 4.79 Å². The van der Waals surface area contributed by atoms with Crippen LogP contribution in [0.4, 0.5) is 10.5 Å². The van der Waals surface area contributed by atoms with Gasteiger partial charge in [-0.2, -0.15) is 0 Å². The first-order valence-corrected chi connectivity index (χ1v) is 7.42. The van der Waals surface area contributed by atoms with E-state index in [0.717, 1.165) is 12.1 Å². The van der Waals surface area contributed by atoms with Crippen molar-refractivity contribution in [2.24, 2.45) is 5.73 Å². The molecule has 21 heavy (non-hydrogen) atoms. The number of carbonyl (C=O) groups excluding carboxylic acids is 1. The van der Waals surface area contributed by atoms with Crippen LogP contribution in [0.3, 0.4) is 0 Å². The molecule has 1 amide bonds. The van der Waals surface area contributed by atoms with E-state index in [1.807, 2.05) is 24.3 Å². The van der Waals surface area contributed by atoms with Crippen LogP contribution in [0.1, 0.15) is 33.3 Å². The molecule has 5 heteroatoms. The van der Waals surface area contributed by atoms with Gasteiger partial charge < -0.3 is 10.5 Å². The molecule has 0 fully saturated rings. The average molecular weight is 293 g/mol. The summed E-state index contributed by atoms with van der Waals surface area (Å²) in [6.07, 6.45) is -0.428. The smallest absolute Gasteiger partial charge is 0.411 e.